The minimum absolute atomic E-state index is 0.0286. The molecule has 0 atom stereocenters. The first-order valence-corrected chi connectivity index (χ1v) is 16.8. The molecule has 0 heterocycles. The number of hydrogen-bond donors (Lipinski definition) is 4. The molecule has 11 heteroatoms. The van der Waals surface area contributed by atoms with Crippen molar-refractivity contribution < 1.29 is 33.4 Å². The number of benzene rings is 3. The van der Waals surface area contributed by atoms with Crippen LogP contribution in [0.2, 0.25) is 0 Å². The lowest BCUT2D eigenvalue weighted by molar-refractivity contribution is -0.150. The van der Waals surface area contributed by atoms with E-state index >= 15 is 0 Å². The van der Waals surface area contributed by atoms with Gasteiger partial charge >= 0.3 is 5.97 Å². The van der Waals surface area contributed by atoms with E-state index in [1.807, 2.05) is 32.0 Å². The third kappa shape index (κ3) is 11.3. The molecule has 0 spiro atoms. The normalized spacial score (nSPS) is 11.2. The van der Waals surface area contributed by atoms with Gasteiger partial charge in [-0.15, -0.1) is 0 Å². The molecule has 0 radical (unpaired) electrons. The average Bonchev–Trinajstić information content (AvgIpc) is 3.15. The van der Waals surface area contributed by atoms with Crippen LogP contribution in [0.3, 0.4) is 0 Å². The molecule has 0 aliphatic carbocycles. The van der Waals surface area contributed by atoms with Crippen molar-refractivity contribution in [2.75, 3.05) is 26.7 Å². The number of amides is 4. The lowest BCUT2D eigenvalue weighted by Gasteiger charge is -2.31. The van der Waals surface area contributed by atoms with Gasteiger partial charge in [0.25, 0.3) is 11.8 Å². The van der Waals surface area contributed by atoms with Crippen LogP contribution in [-0.4, -0.2) is 56.3 Å². The fourth-order valence-electron chi connectivity index (χ4n) is 4.85. The molecule has 3 aromatic carbocycles. The van der Waals surface area contributed by atoms with E-state index in [9.17, 15) is 24.0 Å². The smallest absolute Gasteiger partial charge is 0.310 e. The Balaban J connectivity index is 0.00000442. The summed E-state index contributed by atoms with van der Waals surface area (Å²) < 4.78 is 11.5. The van der Waals surface area contributed by atoms with E-state index in [0.717, 1.165) is 0 Å². The molecule has 0 bridgehead atoms. The standard InChI is InChI=1S/C38H42N4O7.C2H6/c1-6-31(42-35(45)29-21-15-16-22-32(29)49-28-19-13-10-14-20-28)30(34(44)39-5)23-26(4)24-33(43)48-25-38(36(46)40-7-2,37(47)41-8-3)27-17-11-9-12-18-27;1-2/h6,9-23H,4,7-8,24-25H2,1-3,5H3,(H,39,44)(H,40,46)(H,41,47)(H,42,45);1-2H3/b30-23+,31-6+;. The predicted molar refractivity (Wildman–Crippen MR) is 198 cm³/mol. The third-order valence-corrected chi connectivity index (χ3v) is 7.29. The largest absolute Gasteiger partial charge is 0.463 e. The fraction of sp³-hybridized carbons (Fsp3) is 0.275. The number of esters is 1. The molecule has 0 saturated carbocycles. The number of allylic oxidation sites excluding steroid dienone is 2. The Kier molecular flexibility index (Phi) is 17.1. The highest BCUT2D eigenvalue weighted by molar-refractivity contribution is 6.11. The van der Waals surface area contributed by atoms with Crippen LogP contribution >= 0.6 is 0 Å². The van der Waals surface area contributed by atoms with Crippen molar-refractivity contribution in [1.29, 1.82) is 0 Å². The Morgan fingerprint density at radius 2 is 1.35 bits per heavy atom. The van der Waals surface area contributed by atoms with E-state index in [4.69, 9.17) is 9.47 Å². The molecule has 0 unspecified atom stereocenters. The van der Waals surface area contributed by atoms with Gasteiger partial charge in [0.15, 0.2) is 5.41 Å². The van der Waals surface area contributed by atoms with Crippen LogP contribution in [-0.2, 0) is 29.3 Å². The molecule has 270 valence electrons. The maximum Gasteiger partial charge on any atom is 0.310 e. The van der Waals surface area contributed by atoms with Crippen molar-refractivity contribution in [3.05, 3.63) is 132 Å². The molecular formula is C40H48N4O7. The molecule has 3 rings (SSSR count). The van der Waals surface area contributed by atoms with E-state index in [1.54, 1.807) is 87.5 Å². The highest BCUT2D eigenvalue weighted by atomic mass is 16.5. The first kappa shape index (κ1) is 41.2. The second-order valence-corrected chi connectivity index (χ2v) is 10.7. The molecule has 0 saturated heterocycles. The van der Waals surface area contributed by atoms with Gasteiger partial charge in [0.2, 0.25) is 11.8 Å². The molecule has 0 aromatic heterocycles. The Hall–Kier alpha value is -5.97. The summed E-state index contributed by atoms with van der Waals surface area (Å²) in [6.07, 6.45) is 2.52. The Morgan fingerprint density at radius 3 is 1.90 bits per heavy atom. The zero-order valence-corrected chi connectivity index (χ0v) is 30.1. The van der Waals surface area contributed by atoms with Crippen molar-refractivity contribution in [3.8, 4) is 11.5 Å². The van der Waals surface area contributed by atoms with Crippen LogP contribution in [0.25, 0.3) is 0 Å². The summed E-state index contributed by atoms with van der Waals surface area (Å²) >= 11 is 0. The molecule has 11 nitrogen and oxygen atoms in total. The third-order valence-electron chi connectivity index (χ3n) is 7.29. The van der Waals surface area contributed by atoms with Crippen molar-refractivity contribution in [2.24, 2.45) is 0 Å². The van der Waals surface area contributed by atoms with Crippen LogP contribution < -0.4 is 26.0 Å². The van der Waals surface area contributed by atoms with Crippen molar-refractivity contribution in [3.63, 3.8) is 0 Å². The summed E-state index contributed by atoms with van der Waals surface area (Å²) in [6.45, 7) is 12.9. The molecular weight excluding hydrogens is 648 g/mol. The van der Waals surface area contributed by atoms with Gasteiger partial charge in [0, 0.05) is 25.8 Å². The highest BCUT2D eigenvalue weighted by Crippen LogP contribution is 2.28. The van der Waals surface area contributed by atoms with E-state index in [-0.39, 0.29) is 41.9 Å². The van der Waals surface area contributed by atoms with E-state index in [1.165, 1.54) is 19.2 Å². The number of carbonyl (C=O) groups is 5. The second-order valence-electron chi connectivity index (χ2n) is 10.7. The second kappa shape index (κ2) is 21.2. The van der Waals surface area contributed by atoms with Gasteiger partial charge < -0.3 is 30.7 Å². The number of nitrogens with one attached hydrogen (secondary N) is 4. The van der Waals surface area contributed by atoms with Crippen LogP contribution in [0, 0.1) is 0 Å². The number of likely N-dealkylation sites (N-methyl/N-ethyl adjacent to an activating group) is 3. The molecule has 51 heavy (non-hydrogen) atoms. The monoisotopic (exact) mass is 696 g/mol. The van der Waals surface area contributed by atoms with Gasteiger partial charge in [0.05, 0.1) is 17.6 Å². The van der Waals surface area contributed by atoms with Crippen molar-refractivity contribution >= 4 is 29.6 Å². The minimum Gasteiger partial charge on any atom is -0.463 e. The molecule has 3 aromatic rings. The van der Waals surface area contributed by atoms with E-state index in [2.05, 4.69) is 27.8 Å². The Bertz CT molecular complexity index is 1700. The van der Waals surface area contributed by atoms with Crippen LogP contribution in [0.5, 0.6) is 11.5 Å². The maximum absolute atomic E-state index is 13.5. The SMILES string of the molecule is C=C(/C=C(C(=O)NC)\C(=C/C)NC(=O)c1ccccc1Oc1ccccc1)CC(=O)OCC(C(=O)NCC)(C(=O)NCC)c1ccccc1.CC. The number of para-hydroxylation sites is 2. The number of ether oxygens (including phenoxy) is 2. The molecule has 4 N–H and O–H groups in total. The van der Waals surface area contributed by atoms with Gasteiger partial charge in [-0.05, 0) is 62.2 Å². The lowest BCUT2D eigenvalue weighted by Crippen LogP contribution is -2.57. The van der Waals surface area contributed by atoms with Gasteiger partial charge in [-0.25, -0.2) is 0 Å². The lowest BCUT2D eigenvalue weighted by atomic mass is 9.79. The molecule has 0 fully saturated rings. The molecule has 0 aliphatic rings. The maximum atomic E-state index is 13.5. The number of carbonyl (C=O) groups excluding carboxylic acids is 5. The zero-order valence-electron chi connectivity index (χ0n) is 30.1. The Labute approximate surface area is 300 Å². The van der Waals surface area contributed by atoms with Gasteiger partial charge in [-0.2, -0.15) is 0 Å². The number of rotatable bonds is 16. The first-order chi connectivity index (χ1) is 24.6. The molecule has 4 amide bonds. The average molecular weight is 697 g/mol. The van der Waals surface area contributed by atoms with Crippen molar-refractivity contribution in [2.45, 2.75) is 46.5 Å². The first-order valence-electron chi connectivity index (χ1n) is 16.8. The summed E-state index contributed by atoms with van der Waals surface area (Å²) in [5.41, 5.74) is -0.915. The van der Waals surface area contributed by atoms with Gasteiger partial charge in [-0.1, -0.05) is 87.2 Å². The summed E-state index contributed by atoms with van der Waals surface area (Å²) in [5.74, 6) is -2.26. The minimum atomic E-state index is -1.85. The van der Waals surface area contributed by atoms with Crippen molar-refractivity contribution in [1.82, 2.24) is 21.3 Å². The molecule has 0 aliphatic heterocycles. The van der Waals surface area contributed by atoms with Gasteiger partial charge in [0.1, 0.15) is 18.1 Å². The topological polar surface area (TPSA) is 152 Å². The van der Waals surface area contributed by atoms with Crippen LogP contribution in [0.15, 0.2) is 121 Å². The van der Waals surface area contributed by atoms with Crippen LogP contribution in [0.4, 0.5) is 0 Å². The van der Waals surface area contributed by atoms with E-state index < -0.39 is 41.6 Å². The quantitative estimate of drug-likeness (QED) is 0.0667. The fourth-order valence-corrected chi connectivity index (χ4v) is 4.85. The number of hydrogen-bond acceptors (Lipinski definition) is 7. The summed E-state index contributed by atoms with van der Waals surface area (Å²) in [7, 11) is 1.43. The summed E-state index contributed by atoms with van der Waals surface area (Å²) in [4.78, 5) is 66.4. The van der Waals surface area contributed by atoms with Gasteiger partial charge in [-0.3, -0.25) is 24.0 Å². The summed E-state index contributed by atoms with van der Waals surface area (Å²) in [6, 6.07) is 24.0. The van der Waals surface area contributed by atoms with E-state index in [0.29, 0.717) is 17.1 Å². The Morgan fingerprint density at radius 1 is 0.804 bits per heavy atom. The zero-order chi connectivity index (χ0) is 37.8. The summed E-state index contributed by atoms with van der Waals surface area (Å²) in [5, 5.41) is 10.7. The highest BCUT2D eigenvalue weighted by Gasteiger charge is 2.48. The van der Waals surface area contributed by atoms with Crippen LogP contribution in [0.1, 0.15) is 57.0 Å². The predicted octanol–water partition coefficient (Wildman–Crippen LogP) is 5.51.